The summed E-state index contributed by atoms with van der Waals surface area (Å²) in [6, 6.07) is 0.598. The van der Waals surface area contributed by atoms with Gasteiger partial charge in [0.05, 0.1) is 0 Å². The lowest BCUT2D eigenvalue weighted by atomic mass is 10.4. The van der Waals surface area contributed by atoms with Gasteiger partial charge in [0.15, 0.2) is 0 Å². The monoisotopic (exact) mass is 207 g/mol. The van der Waals surface area contributed by atoms with Gasteiger partial charge in [0.2, 0.25) is 0 Å². The number of hydrogen-bond donors (Lipinski definition) is 0. The van der Waals surface area contributed by atoms with E-state index in [2.05, 4.69) is 46.3 Å². The van der Waals surface area contributed by atoms with Gasteiger partial charge in [-0.15, -0.1) is 0 Å². The molecule has 0 aliphatic carbocycles. The molecule has 0 saturated carbocycles. The summed E-state index contributed by atoms with van der Waals surface area (Å²) in [6.07, 6.45) is 2.12. The van der Waals surface area contributed by atoms with Crippen LogP contribution in [0.5, 0.6) is 0 Å². The molecule has 52 valence electrons. The molecule has 0 aromatic carbocycles. The summed E-state index contributed by atoms with van der Waals surface area (Å²) in [7, 11) is 0. The third-order valence-corrected chi connectivity index (χ3v) is 3.12. The molecule has 0 fully saturated rings. The summed E-state index contributed by atoms with van der Waals surface area (Å²) in [6.45, 7) is 4.37. The van der Waals surface area contributed by atoms with Gasteiger partial charge in [-0.3, -0.25) is 0 Å². The minimum Gasteiger partial charge on any atom is -0.353 e. The van der Waals surface area contributed by atoms with Crippen LogP contribution in [0.4, 0.5) is 0 Å². The highest BCUT2D eigenvalue weighted by Crippen LogP contribution is 2.30. The quantitative estimate of drug-likeness (QED) is 0.481. The van der Waals surface area contributed by atoms with Crippen LogP contribution in [-0.4, -0.2) is 15.2 Å². The Kier molecular flexibility index (Phi) is 2.47. The molecule has 1 atom stereocenters. The summed E-state index contributed by atoms with van der Waals surface area (Å²) in [5, 5.41) is 2.11. The molecule has 0 bridgehead atoms. The molecule has 0 spiro atoms. The number of nitrogens with zero attached hydrogens (tertiary/aromatic N) is 1. The van der Waals surface area contributed by atoms with E-state index >= 15 is 0 Å². The average Bonchev–Trinajstić information content (AvgIpc) is 2.13. The molecule has 0 aromatic heterocycles. The Morgan fingerprint density at radius 3 is 2.56 bits per heavy atom. The Morgan fingerprint density at radius 2 is 2.33 bits per heavy atom. The van der Waals surface area contributed by atoms with Crippen molar-refractivity contribution in [1.29, 1.82) is 0 Å². The molecule has 1 aliphatic rings. The van der Waals surface area contributed by atoms with Crippen LogP contribution in [0, 0.1) is 0 Å². The molecule has 0 amide bonds. The molecule has 9 heavy (non-hydrogen) atoms. The van der Waals surface area contributed by atoms with Crippen molar-refractivity contribution in [3.8, 4) is 0 Å². The van der Waals surface area contributed by atoms with E-state index in [0.29, 0.717) is 10.3 Å². The van der Waals surface area contributed by atoms with Crippen LogP contribution in [0.25, 0.3) is 0 Å². The largest absolute Gasteiger partial charge is 0.353 e. The molecular weight excluding hydrogens is 198 g/mol. The van der Waals surface area contributed by atoms with Crippen LogP contribution in [0.1, 0.15) is 13.8 Å². The summed E-state index contributed by atoms with van der Waals surface area (Å²) in [4.78, 5) is 2.27. The minimum absolute atomic E-state index is 0.456. The van der Waals surface area contributed by atoms with Crippen molar-refractivity contribution in [3.63, 3.8) is 0 Å². The van der Waals surface area contributed by atoms with E-state index < -0.39 is 0 Å². The lowest BCUT2D eigenvalue weighted by molar-refractivity contribution is 0.354. The first kappa shape index (κ1) is 7.48. The van der Waals surface area contributed by atoms with E-state index in [9.17, 15) is 0 Å². The van der Waals surface area contributed by atoms with Gasteiger partial charge < -0.3 is 4.90 Å². The molecule has 3 heteroatoms. The zero-order valence-corrected chi connectivity index (χ0v) is 7.95. The van der Waals surface area contributed by atoms with Crippen molar-refractivity contribution in [1.82, 2.24) is 4.90 Å². The second-order valence-corrected chi connectivity index (χ2v) is 4.72. The first-order valence-electron chi connectivity index (χ1n) is 2.95. The first-order valence-corrected chi connectivity index (χ1v) is 4.81. The zero-order chi connectivity index (χ0) is 6.85. The highest BCUT2D eigenvalue weighted by Gasteiger charge is 2.17. The number of alkyl halides is 1. The molecule has 1 heterocycles. The van der Waals surface area contributed by atoms with Gasteiger partial charge in [-0.1, -0.05) is 27.7 Å². The van der Waals surface area contributed by atoms with Gasteiger partial charge in [0.1, 0.15) is 4.28 Å². The molecule has 1 nitrogen and oxygen atoms in total. The summed E-state index contributed by atoms with van der Waals surface area (Å²) in [5.74, 6) is 0. The van der Waals surface area contributed by atoms with E-state index in [1.54, 1.807) is 11.8 Å². The zero-order valence-electron chi connectivity index (χ0n) is 5.54. The van der Waals surface area contributed by atoms with Crippen molar-refractivity contribution in [2.75, 3.05) is 0 Å². The fourth-order valence-electron chi connectivity index (χ4n) is 0.715. The van der Waals surface area contributed by atoms with E-state index in [1.165, 1.54) is 0 Å². The molecule has 0 N–H and O–H groups in total. The minimum atomic E-state index is 0.456. The number of halogens is 1. The van der Waals surface area contributed by atoms with Crippen molar-refractivity contribution in [2.24, 2.45) is 0 Å². The molecule has 0 aromatic rings. The fourth-order valence-corrected chi connectivity index (χ4v) is 2.49. The average molecular weight is 208 g/mol. The Morgan fingerprint density at radius 1 is 1.67 bits per heavy atom. The summed E-state index contributed by atoms with van der Waals surface area (Å²) in [5.41, 5.74) is 0. The van der Waals surface area contributed by atoms with Crippen molar-refractivity contribution >= 4 is 27.7 Å². The fraction of sp³-hybridized carbons (Fsp3) is 0.667. The number of hydrogen-bond acceptors (Lipinski definition) is 2. The van der Waals surface area contributed by atoms with E-state index in [1.807, 2.05) is 0 Å². The topological polar surface area (TPSA) is 3.24 Å². The van der Waals surface area contributed by atoms with Gasteiger partial charge in [0.25, 0.3) is 0 Å². The van der Waals surface area contributed by atoms with E-state index in [0.717, 1.165) is 0 Å². The lowest BCUT2D eigenvalue weighted by Gasteiger charge is -2.23. The highest BCUT2D eigenvalue weighted by molar-refractivity contribution is 9.11. The standard InChI is InChI=1S/C6H10BrNS/c1-5(2)8-3-4-9-6(8)7/h3-6H,1-2H3. The van der Waals surface area contributed by atoms with Crippen molar-refractivity contribution < 1.29 is 0 Å². The van der Waals surface area contributed by atoms with Gasteiger partial charge >= 0.3 is 0 Å². The molecule has 0 radical (unpaired) electrons. The van der Waals surface area contributed by atoms with Gasteiger partial charge in [-0.25, -0.2) is 0 Å². The van der Waals surface area contributed by atoms with Crippen LogP contribution in [0.2, 0.25) is 0 Å². The first-order chi connectivity index (χ1) is 4.22. The van der Waals surface area contributed by atoms with Gasteiger partial charge in [0, 0.05) is 12.2 Å². The normalized spacial score (nSPS) is 26.2. The molecule has 1 aliphatic heterocycles. The lowest BCUT2D eigenvalue weighted by Crippen LogP contribution is -2.26. The predicted octanol–water partition coefficient (Wildman–Crippen LogP) is 2.59. The number of rotatable bonds is 1. The molecule has 1 rings (SSSR count). The van der Waals surface area contributed by atoms with Crippen LogP contribution in [0.15, 0.2) is 11.6 Å². The maximum Gasteiger partial charge on any atom is 0.135 e. The highest BCUT2D eigenvalue weighted by atomic mass is 79.9. The second kappa shape index (κ2) is 2.97. The van der Waals surface area contributed by atoms with Crippen LogP contribution < -0.4 is 0 Å². The Labute approximate surface area is 68.6 Å². The predicted molar refractivity (Wildman–Crippen MR) is 46.4 cm³/mol. The SMILES string of the molecule is CC(C)N1C=CSC1Br. The Balaban J connectivity index is 2.49. The summed E-state index contributed by atoms with van der Waals surface area (Å²) < 4.78 is 0.456. The number of thioether (sulfide) groups is 1. The van der Waals surface area contributed by atoms with E-state index in [-0.39, 0.29) is 0 Å². The smallest absolute Gasteiger partial charge is 0.135 e. The third kappa shape index (κ3) is 1.64. The van der Waals surface area contributed by atoms with Crippen LogP contribution in [0.3, 0.4) is 0 Å². The summed E-state index contributed by atoms with van der Waals surface area (Å²) >= 11 is 5.33. The van der Waals surface area contributed by atoms with E-state index in [4.69, 9.17) is 0 Å². The van der Waals surface area contributed by atoms with Crippen molar-refractivity contribution in [2.45, 2.75) is 24.2 Å². The van der Waals surface area contributed by atoms with Gasteiger partial charge in [-0.05, 0) is 19.3 Å². The molecule has 0 saturated heterocycles. The second-order valence-electron chi connectivity index (χ2n) is 2.25. The Bertz CT molecular complexity index is 124. The van der Waals surface area contributed by atoms with Gasteiger partial charge in [-0.2, -0.15) is 0 Å². The molecular formula is C6H10BrNS. The Hall–Kier alpha value is 0.370. The van der Waals surface area contributed by atoms with Crippen LogP contribution in [-0.2, 0) is 0 Å². The molecule has 1 unspecified atom stereocenters. The van der Waals surface area contributed by atoms with Crippen molar-refractivity contribution in [3.05, 3.63) is 11.6 Å². The maximum atomic E-state index is 3.53. The maximum absolute atomic E-state index is 3.53. The third-order valence-electron chi connectivity index (χ3n) is 1.25. The van der Waals surface area contributed by atoms with Crippen LogP contribution >= 0.6 is 27.7 Å².